The van der Waals surface area contributed by atoms with Crippen LogP contribution in [0.15, 0.2) is 61.1 Å². The number of aliphatic hydroxyl groups excluding tert-OH is 1. The number of nitrogens with zero attached hydrogens (tertiary/aromatic N) is 3. The Morgan fingerprint density at radius 3 is 2.74 bits per heavy atom. The number of nitrogens with one attached hydrogen (secondary N) is 1. The van der Waals surface area contributed by atoms with E-state index in [4.69, 9.17) is 0 Å². The maximum absolute atomic E-state index is 9.22. The zero-order valence-corrected chi connectivity index (χ0v) is 12.5. The second-order valence-corrected chi connectivity index (χ2v) is 5.34. The van der Waals surface area contributed by atoms with Gasteiger partial charge in [0.2, 0.25) is 0 Å². The zero-order valence-electron chi connectivity index (χ0n) is 12.5. The molecule has 0 atom stereocenters. The van der Waals surface area contributed by atoms with Crippen molar-refractivity contribution in [3.63, 3.8) is 0 Å². The first-order valence-corrected chi connectivity index (χ1v) is 7.53. The van der Waals surface area contributed by atoms with Crippen LogP contribution in [0.4, 0.5) is 0 Å². The summed E-state index contributed by atoms with van der Waals surface area (Å²) in [5.74, 6) is 0. The molecule has 0 spiro atoms. The number of hydrogen-bond donors (Lipinski definition) is 2. The number of fused-ring (bicyclic) bond motifs is 1. The highest BCUT2D eigenvalue weighted by atomic mass is 16.3. The molecule has 0 amide bonds. The Kier molecular flexibility index (Phi) is 3.40. The molecule has 3 aromatic heterocycles. The summed E-state index contributed by atoms with van der Waals surface area (Å²) in [6, 6.07) is 14.1. The SMILES string of the molecule is OCCn1cc(-c2ccnc3[nH]ccc23)c(-c2ccccc2)n1. The van der Waals surface area contributed by atoms with Gasteiger partial charge < -0.3 is 10.1 Å². The van der Waals surface area contributed by atoms with E-state index < -0.39 is 0 Å². The molecule has 23 heavy (non-hydrogen) atoms. The minimum absolute atomic E-state index is 0.0608. The van der Waals surface area contributed by atoms with Gasteiger partial charge >= 0.3 is 0 Å². The van der Waals surface area contributed by atoms with E-state index in [1.807, 2.05) is 54.9 Å². The minimum Gasteiger partial charge on any atom is -0.394 e. The molecule has 0 aliphatic carbocycles. The van der Waals surface area contributed by atoms with E-state index in [9.17, 15) is 5.11 Å². The molecule has 4 aromatic rings. The summed E-state index contributed by atoms with van der Waals surface area (Å²) in [5.41, 5.74) is 4.94. The van der Waals surface area contributed by atoms with Crippen LogP contribution in [-0.2, 0) is 6.54 Å². The van der Waals surface area contributed by atoms with E-state index in [2.05, 4.69) is 15.1 Å². The summed E-state index contributed by atoms with van der Waals surface area (Å²) in [7, 11) is 0. The number of aromatic amines is 1. The average Bonchev–Trinajstić information content (AvgIpc) is 3.22. The van der Waals surface area contributed by atoms with Crippen LogP contribution in [0.2, 0.25) is 0 Å². The Bertz CT molecular complexity index is 940. The molecule has 0 fully saturated rings. The summed E-state index contributed by atoms with van der Waals surface area (Å²) < 4.78 is 1.79. The van der Waals surface area contributed by atoms with E-state index in [0.29, 0.717) is 6.54 Å². The van der Waals surface area contributed by atoms with E-state index in [0.717, 1.165) is 33.4 Å². The van der Waals surface area contributed by atoms with Crippen LogP contribution in [0.3, 0.4) is 0 Å². The molecule has 3 heterocycles. The van der Waals surface area contributed by atoms with E-state index >= 15 is 0 Å². The maximum Gasteiger partial charge on any atom is 0.137 e. The molecule has 5 heteroatoms. The summed E-state index contributed by atoms with van der Waals surface area (Å²) in [4.78, 5) is 7.49. The Hall–Kier alpha value is -2.92. The lowest BCUT2D eigenvalue weighted by Crippen LogP contribution is -2.02. The first-order valence-electron chi connectivity index (χ1n) is 7.53. The predicted octanol–water partition coefficient (Wildman–Crippen LogP) is 3.09. The fourth-order valence-corrected chi connectivity index (χ4v) is 2.84. The van der Waals surface area contributed by atoms with Gasteiger partial charge in [-0.3, -0.25) is 4.68 Å². The Morgan fingerprint density at radius 2 is 1.91 bits per heavy atom. The highest BCUT2D eigenvalue weighted by Gasteiger charge is 2.15. The minimum atomic E-state index is 0.0608. The van der Waals surface area contributed by atoms with Gasteiger partial charge in [0.1, 0.15) is 11.3 Å². The van der Waals surface area contributed by atoms with Crippen molar-refractivity contribution in [1.82, 2.24) is 19.7 Å². The number of pyridine rings is 1. The number of H-pyrrole nitrogens is 1. The molecule has 0 bridgehead atoms. The number of hydrogen-bond acceptors (Lipinski definition) is 3. The fraction of sp³-hybridized carbons (Fsp3) is 0.111. The van der Waals surface area contributed by atoms with Gasteiger partial charge in [0, 0.05) is 35.1 Å². The van der Waals surface area contributed by atoms with Gasteiger partial charge in [0.05, 0.1) is 13.2 Å². The van der Waals surface area contributed by atoms with Crippen molar-refractivity contribution >= 4 is 11.0 Å². The third-order valence-corrected chi connectivity index (χ3v) is 3.89. The zero-order chi connectivity index (χ0) is 15.6. The molecule has 2 N–H and O–H groups in total. The van der Waals surface area contributed by atoms with Crippen LogP contribution < -0.4 is 0 Å². The molecule has 0 aliphatic heterocycles. The molecule has 0 aliphatic rings. The van der Waals surface area contributed by atoms with E-state index in [-0.39, 0.29) is 6.61 Å². The molecular weight excluding hydrogens is 288 g/mol. The quantitative estimate of drug-likeness (QED) is 0.609. The van der Waals surface area contributed by atoms with Crippen molar-refractivity contribution in [3.8, 4) is 22.4 Å². The summed E-state index contributed by atoms with van der Waals surface area (Å²) in [6.45, 7) is 0.534. The molecule has 0 saturated heterocycles. The van der Waals surface area contributed by atoms with Crippen LogP contribution in [0.1, 0.15) is 0 Å². The van der Waals surface area contributed by atoms with Crippen molar-refractivity contribution in [3.05, 3.63) is 61.1 Å². The summed E-state index contributed by atoms with van der Waals surface area (Å²) >= 11 is 0. The summed E-state index contributed by atoms with van der Waals surface area (Å²) in [5, 5.41) is 15.0. The van der Waals surface area contributed by atoms with Crippen LogP contribution in [0.25, 0.3) is 33.4 Å². The first kappa shape index (κ1) is 13.7. The second-order valence-electron chi connectivity index (χ2n) is 5.34. The molecule has 1 aromatic carbocycles. The first-order chi connectivity index (χ1) is 11.4. The van der Waals surface area contributed by atoms with Crippen molar-refractivity contribution in [2.45, 2.75) is 6.54 Å². The smallest absolute Gasteiger partial charge is 0.137 e. The molecule has 114 valence electrons. The molecule has 5 nitrogen and oxygen atoms in total. The lowest BCUT2D eigenvalue weighted by Gasteiger charge is -2.04. The van der Waals surface area contributed by atoms with Gasteiger partial charge in [0.25, 0.3) is 0 Å². The van der Waals surface area contributed by atoms with Crippen LogP contribution in [0.5, 0.6) is 0 Å². The van der Waals surface area contributed by atoms with E-state index in [1.165, 1.54) is 0 Å². The number of aliphatic hydroxyl groups is 1. The number of aromatic nitrogens is 4. The Balaban J connectivity index is 1.95. The topological polar surface area (TPSA) is 66.7 Å². The Morgan fingerprint density at radius 1 is 1.04 bits per heavy atom. The maximum atomic E-state index is 9.22. The standard InChI is InChI=1S/C18H16N4O/c23-11-10-22-12-16(17(21-22)13-4-2-1-3-5-13)14-6-8-19-18-15(14)7-9-20-18/h1-9,12,23H,10-11H2,(H,19,20). The van der Waals surface area contributed by atoms with Gasteiger partial charge in [-0.25, -0.2) is 4.98 Å². The average molecular weight is 304 g/mol. The van der Waals surface area contributed by atoms with Gasteiger partial charge in [-0.05, 0) is 17.7 Å². The number of benzene rings is 1. The fourth-order valence-electron chi connectivity index (χ4n) is 2.84. The van der Waals surface area contributed by atoms with Crippen LogP contribution in [0, 0.1) is 0 Å². The van der Waals surface area contributed by atoms with Gasteiger partial charge in [-0.15, -0.1) is 0 Å². The third kappa shape index (κ3) is 2.41. The van der Waals surface area contributed by atoms with Gasteiger partial charge in [-0.1, -0.05) is 30.3 Å². The molecule has 0 unspecified atom stereocenters. The van der Waals surface area contributed by atoms with Crippen molar-refractivity contribution in [2.24, 2.45) is 0 Å². The normalized spacial score (nSPS) is 11.2. The Labute approximate surface area is 133 Å². The van der Waals surface area contributed by atoms with E-state index in [1.54, 1.807) is 10.9 Å². The number of rotatable bonds is 4. The second kappa shape index (κ2) is 5.70. The van der Waals surface area contributed by atoms with Gasteiger partial charge in [-0.2, -0.15) is 5.10 Å². The molecule has 0 saturated carbocycles. The predicted molar refractivity (Wildman–Crippen MR) is 89.8 cm³/mol. The van der Waals surface area contributed by atoms with Gasteiger partial charge in [0.15, 0.2) is 0 Å². The lowest BCUT2D eigenvalue weighted by molar-refractivity contribution is 0.269. The van der Waals surface area contributed by atoms with Crippen molar-refractivity contribution in [1.29, 1.82) is 0 Å². The molecule has 0 radical (unpaired) electrons. The largest absolute Gasteiger partial charge is 0.394 e. The lowest BCUT2D eigenvalue weighted by atomic mass is 10.0. The van der Waals surface area contributed by atoms with Crippen molar-refractivity contribution in [2.75, 3.05) is 6.61 Å². The highest BCUT2D eigenvalue weighted by molar-refractivity contribution is 5.96. The third-order valence-electron chi connectivity index (χ3n) is 3.89. The monoisotopic (exact) mass is 304 g/mol. The van der Waals surface area contributed by atoms with Crippen LogP contribution >= 0.6 is 0 Å². The van der Waals surface area contributed by atoms with Crippen LogP contribution in [-0.4, -0.2) is 31.5 Å². The molecule has 4 rings (SSSR count). The summed E-state index contributed by atoms with van der Waals surface area (Å²) in [6.07, 6.45) is 5.67. The van der Waals surface area contributed by atoms with Crippen molar-refractivity contribution < 1.29 is 5.11 Å². The highest BCUT2D eigenvalue weighted by Crippen LogP contribution is 2.34. The molecular formula is C18H16N4O.